The van der Waals surface area contributed by atoms with Gasteiger partial charge < -0.3 is 26.2 Å². The highest BCUT2D eigenvalue weighted by atomic mass is 16.3. The number of carbonyl (C=O) groups is 1. The first-order valence-corrected chi connectivity index (χ1v) is 5.87. The number of hydrogen-bond donors (Lipinski definition) is 4. The number of benzene rings is 1. The first-order chi connectivity index (χ1) is 8.63. The number of nitrogens with one attached hydrogen (secondary N) is 1. The number of nitrogens with zero attached hydrogens (tertiary/aromatic N) is 1. The third kappa shape index (κ3) is 2.39. The van der Waals surface area contributed by atoms with Crippen LogP contribution in [0.4, 0.5) is 0 Å². The van der Waals surface area contributed by atoms with E-state index in [-0.39, 0.29) is 29.0 Å². The second-order valence-corrected chi connectivity index (χ2v) is 4.29. The summed E-state index contributed by atoms with van der Waals surface area (Å²) in [5.41, 5.74) is 5.74. The highest BCUT2D eigenvalue weighted by molar-refractivity contribution is 5.97. The summed E-state index contributed by atoms with van der Waals surface area (Å²) in [6.07, 6.45) is 0. The van der Waals surface area contributed by atoms with Gasteiger partial charge in [-0.1, -0.05) is 0 Å². The molecule has 2 rings (SSSR count). The van der Waals surface area contributed by atoms with Crippen LogP contribution < -0.4 is 11.1 Å². The molecule has 1 aromatic carbocycles. The van der Waals surface area contributed by atoms with E-state index in [1.165, 1.54) is 18.2 Å². The monoisotopic (exact) mass is 251 g/mol. The lowest BCUT2D eigenvalue weighted by molar-refractivity contribution is 0.0641. The number of phenols is 2. The molecule has 0 bridgehead atoms. The van der Waals surface area contributed by atoms with E-state index in [1.54, 1.807) is 4.90 Å². The molecule has 1 heterocycles. The molecule has 98 valence electrons. The molecule has 0 radical (unpaired) electrons. The second-order valence-electron chi connectivity index (χ2n) is 4.29. The van der Waals surface area contributed by atoms with E-state index in [4.69, 9.17) is 5.73 Å². The number of aromatic hydroxyl groups is 2. The lowest BCUT2D eigenvalue weighted by atomic mass is 10.1. The summed E-state index contributed by atoms with van der Waals surface area (Å²) in [7, 11) is 0. The average molecular weight is 251 g/mol. The van der Waals surface area contributed by atoms with Gasteiger partial charge in [0.2, 0.25) is 0 Å². The minimum absolute atomic E-state index is 0.0458. The normalized spacial score (nSPS) is 19.8. The number of hydrogen-bond acceptors (Lipinski definition) is 5. The molecule has 6 nitrogen and oxygen atoms in total. The Bertz CT molecular complexity index is 450. The van der Waals surface area contributed by atoms with Gasteiger partial charge in [0.05, 0.1) is 11.6 Å². The van der Waals surface area contributed by atoms with Crippen molar-refractivity contribution in [1.29, 1.82) is 0 Å². The van der Waals surface area contributed by atoms with Crippen molar-refractivity contribution in [3.8, 4) is 11.5 Å². The molecule has 1 aliphatic rings. The van der Waals surface area contributed by atoms with Crippen molar-refractivity contribution < 1.29 is 15.0 Å². The number of piperazine rings is 1. The third-order valence-corrected chi connectivity index (χ3v) is 3.09. The summed E-state index contributed by atoms with van der Waals surface area (Å²) in [5.74, 6) is -0.483. The third-order valence-electron chi connectivity index (χ3n) is 3.09. The zero-order valence-corrected chi connectivity index (χ0v) is 9.97. The van der Waals surface area contributed by atoms with E-state index in [9.17, 15) is 15.0 Å². The molecule has 1 fully saturated rings. The Labute approximate surface area is 105 Å². The second kappa shape index (κ2) is 5.24. The molecule has 0 saturated carbocycles. The van der Waals surface area contributed by atoms with Crippen LogP contribution in [0.1, 0.15) is 10.4 Å². The van der Waals surface area contributed by atoms with Gasteiger partial charge in [0.1, 0.15) is 11.5 Å². The molecule has 18 heavy (non-hydrogen) atoms. The van der Waals surface area contributed by atoms with Crippen LogP contribution >= 0.6 is 0 Å². The summed E-state index contributed by atoms with van der Waals surface area (Å²) in [4.78, 5) is 13.9. The van der Waals surface area contributed by atoms with Crippen LogP contribution in [0.15, 0.2) is 18.2 Å². The van der Waals surface area contributed by atoms with Crippen LogP contribution in [0.3, 0.4) is 0 Å². The van der Waals surface area contributed by atoms with E-state index in [0.717, 1.165) is 0 Å². The van der Waals surface area contributed by atoms with Crippen molar-refractivity contribution in [2.45, 2.75) is 6.04 Å². The predicted octanol–water partition coefficient (Wildman–Crippen LogP) is -0.529. The fourth-order valence-corrected chi connectivity index (χ4v) is 2.09. The molecular weight excluding hydrogens is 234 g/mol. The Hall–Kier alpha value is -1.79. The lowest BCUT2D eigenvalue weighted by Gasteiger charge is -2.35. The Morgan fingerprint density at radius 1 is 1.50 bits per heavy atom. The molecule has 1 atom stereocenters. The SMILES string of the molecule is NCC1CNCCN1C(=O)c1cc(O)ccc1O. The van der Waals surface area contributed by atoms with Crippen LogP contribution in [-0.2, 0) is 0 Å². The van der Waals surface area contributed by atoms with E-state index >= 15 is 0 Å². The van der Waals surface area contributed by atoms with E-state index in [2.05, 4.69) is 5.32 Å². The van der Waals surface area contributed by atoms with Crippen LogP contribution in [0.5, 0.6) is 11.5 Å². The molecule has 1 unspecified atom stereocenters. The van der Waals surface area contributed by atoms with Crippen LogP contribution in [0.25, 0.3) is 0 Å². The summed E-state index contributed by atoms with van der Waals surface area (Å²) in [6, 6.07) is 3.83. The first kappa shape index (κ1) is 12.7. The number of phenolic OH excluding ortho intramolecular Hbond substituents is 2. The van der Waals surface area contributed by atoms with E-state index in [1.807, 2.05) is 0 Å². The quantitative estimate of drug-likeness (QED) is 0.530. The number of amides is 1. The molecule has 1 amide bonds. The van der Waals surface area contributed by atoms with Crippen molar-refractivity contribution in [2.75, 3.05) is 26.2 Å². The minimum atomic E-state index is -0.305. The smallest absolute Gasteiger partial charge is 0.258 e. The zero-order chi connectivity index (χ0) is 13.1. The van der Waals surface area contributed by atoms with Gasteiger partial charge in [0, 0.05) is 26.2 Å². The zero-order valence-electron chi connectivity index (χ0n) is 9.97. The highest BCUT2D eigenvalue weighted by Gasteiger charge is 2.27. The topological polar surface area (TPSA) is 98.8 Å². The van der Waals surface area contributed by atoms with Crippen molar-refractivity contribution in [2.24, 2.45) is 5.73 Å². The summed E-state index contributed by atoms with van der Waals surface area (Å²) >= 11 is 0. The molecule has 1 aliphatic heterocycles. The number of rotatable bonds is 2. The summed E-state index contributed by atoms with van der Waals surface area (Å²) in [5, 5.41) is 22.2. The molecule has 0 aliphatic carbocycles. The van der Waals surface area contributed by atoms with E-state index in [0.29, 0.717) is 26.2 Å². The predicted molar refractivity (Wildman–Crippen MR) is 66.5 cm³/mol. The summed E-state index contributed by atoms with van der Waals surface area (Å²) in [6.45, 7) is 2.23. The largest absolute Gasteiger partial charge is 0.508 e. The van der Waals surface area contributed by atoms with Gasteiger partial charge in [-0.2, -0.15) is 0 Å². The lowest BCUT2D eigenvalue weighted by Crippen LogP contribution is -2.56. The van der Waals surface area contributed by atoms with Crippen LogP contribution in [0, 0.1) is 0 Å². The molecule has 1 saturated heterocycles. The molecule has 1 aromatic rings. The molecule has 0 spiro atoms. The fourth-order valence-electron chi connectivity index (χ4n) is 2.09. The van der Waals surface area contributed by atoms with Crippen molar-refractivity contribution in [3.63, 3.8) is 0 Å². The van der Waals surface area contributed by atoms with Gasteiger partial charge >= 0.3 is 0 Å². The molecule has 5 N–H and O–H groups in total. The highest BCUT2D eigenvalue weighted by Crippen LogP contribution is 2.24. The van der Waals surface area contributed by atoms with E-state index < -0.39 is 0 Å². The maximum absolute atomic E-state index is 12.3. The van der Waals surface area contributed by atoms with Crippen molar-refractivity contribution in [1.82, 2.24) is 10.2 Å². The van der Waals surface area contributed by atoms with Crippen molar-refractivity contribution >= 4 is 5.91 Å². The minimum Gasteiger partial charge on any atom is -0.508 e. The number of carbonyl (C=O) groups excluding carboxylic acids is 1. The Balaban J connectivity index is 2.26. The first-order valence-electron chi connectivity index (χ1n) is 5.87. The standard InChI is InChI=1S/C12H17N3O3/c13-6-8-7-14-3-4-15(8)12(18)10-5-9(16)1-2-11(10)17/h1-2,5,8,14,16-17H,3-4,6-7,13H2. The van der Waals surface area contributed by atoms with Gasteiger partial charge in [0.25, 0.3) is 5.91 Å². The van der Waals surface area contributed by atoms with Gasteiger partial charge in [-0.3, -0.25) is 4.79 Å². The molecule has 0 aromatic heterocycles. The maximum Gasteiger partial charge on any atom is 0.258 e. The van der Waals surface area contributed by atoms with Gasteiger partial charge in [-0.05, 0) is 18.2 Å². The number of nitrogens with two attached hydrogens (primary N) is 1. The van der Waals surface area contributed by atoms with Gasteiger partial charge in [-0.15, -0.1) is 0 Å². The van der Waals surface area contributed by atoms with Crippen molar-refractivity contribution in [3.05, 3.63) is 23.8 Å². The van der Waals surface area contributed by atoms with Crippen LogP contribution in [0.2, 0.25) is 0 Å². The molecular formula is C12H17N3O3. The Kier molecular flexibility index (Phi) is 3.69. The average Bonchev–Trinajstić information content (AvgIpc) is 2.40. The van der Waals surface area contributed by atoms with Crippen LogP contribution in [-0.4, -0.2) is 53.2 Å². The maximum atomic E-state index is 12.3. The fraction of sp³-hybridized carbons (Fsp3) is 0.417. The Morgan fingerprint density at radius 3 is 3.00 bits per heavy atom. The molecule has 6 heteroatoms. The summed E-state index contributed by atoms with van der Waals surface area (Å²) < 4.78 is 0. The van der Waals surface area contributed by atoms with Gasteiger partial charge in [0.15, 0.2) is 0 Å². The Morgan fingerprint density at radius 2 is 2.28 bits per heavy atom. The van der Waals surface area contributed by atoms with Gasteiger partial charge in [-0.25, -0.2) is 0 Å².